The number of rotatable bonds is 5. The van der Waals surface area contributed by atoms with E-state index in [0.29, 0.717) is 31.0 Å². The third-order valence-corrected chi connectivity index (χ3v) is 8.85. The maximum absolute atomic E-state index is 15.7. The lowest BCUT2D eigenvalue weighted by Crippen LogP contribution is -2.55. The average Bonchev–Trinajstić information content (AvgIpc) is 2.93. The molecule has 2 amide bonds. The Morgan fingerprint density at radius 1 is 1.13 bits per heavy atom. The first-order valence-corrected chi connectivity index (χ1v) is 14.7. The van der Waals surface area contributed by atoms with Gasteiger partial charge in [0.1, 0.15) is 5.67 Å². The number of piperidine rings is 1. The molecule has 0 bridgehead atoms. The van der Waals surface area contributed by atoms with E-state index in [1.54, 1.807) is 11.0 Å². The highest BCUT2D eigenvalue weighted by Crippen LogP contribution is 2.38. The highest BCUT2D eigenvalue weighted by atomic mass is 19.1. The predicted octanol–water partition coefficient (Wildman–Crippen LogP) is 5.19. The van der Waals surface area contributed by atoms with E-state index in [9.17, 15) is 9.59 Å². The number of nitrogens with one attached hydrogen (secondary N) is 2. The number of halogens is 1. The van der Waals surface area contributed by atoms with Crippen LogP contribution in [0.3, 0.4) is 0 Å². The van der Waals surface area contributed by atoms with Crippen molar-refractivity contribution in [2.45, 2.75) is 89.9 Å². The van der Waals surface area contributed by atoms with Crippen LogP contribution in [0.5, 0.6) is 0 Å². The summed E-state index contributed by atoms with van der Waals surface area (Å²) in [6.45, 7) is 7.90. The van der Waals surface area contributed by atoms with Crippen molar-refractivity contribution in [2.24, 2.45) is 5.92 Å². The van der Waals surface area contributed by atoms with E-state index in [1.165, 1.54) is 6.92 Å². The van der Waals surface area contributed by atoms with Crippen LogP contribution in [0.1, 0.15) is 72.1 Å². The lowest BCUT2D eigenvalue weighted by molar-refractivity contribution is -0.136. The monoisotopic (exact) mass is 534 g/mol. The lowest BCUT2D eigenvalue weighted by Gasteiger charge is -2.43. The van der Waals surface area contributed by atoms with E-state index in [2.05, 4.69) is 52.8 Å². The Balaban J connectivity index is 1.40. The van der Waals surface area contributed by atoms with Crippen molar-refractivity contribution in [1.29, 1.82) is 0 Å². The minimum Gasteiger partial charge on any atom is -0.356 e. The number of nitrogens with zero attached hydrogens (tertiary/aromatic N) is 2. The molecular formula is C32H43FN4O2. The molecule has 0 aromatic heterocycles. The van der Waals surface area contributed by atoms with Crippen LogP contribution in [-0.4, -0.2) is 59.1 Å². The standard InChI is InChI=1S/C32H43FN4O2/c1-22-10-8-17-32(3,33)28(22)31(39)36-19-9-15-27(29(36)24-11-5-4-6-12-24)30(38)35-25-13-7-14-26(20-25)37-21-34-18-16-23(37)2/h5,8,10-12,14,20,23,27,29,34H,4,6-7,9,13,15-19,21H2,1-3H3,(H,35,38)/t23-,27?,29+,32?/m1/s1. The number of carbonyl (C=O) groups is 2. The molecule has 0 saturated carbocycles. The molecule has 210 valence electrons. The smallest absolute Gasteiger partial charge is 0.253 e. The molecular weight excluding hydrogens is 491 g/mol. The first-order valence-electron chi connectivity index (χ1n) is 14.7. The number of likely N-dealkylation sites (tertiary alicyclic amines) is 1. The summed E-state index contributed by atoms with van der Waals surface area (Å²) < 4.78 is 15.7. The van der Waals surface area contributed by atoms with Gasteiger partial charge in [0.15, 0.2) is 0 Å². The maximum Gasteiger partial charge on any atom is 0.253 e. The Labute approximate surface area is 232 Å². The molecule has 2 saturated heterocycles. The highest BCUT2D eigenvalue weighted by molar-refractivity contribution is 5.98. The van der Waals surface area contributed by atoms with Gasteiger partial charge in [0.25, 0.3) is 5.91 Å². The molecule has 6 nitrogen and oxygen atoms in total. The van der Waals surface area contributed by atoms with Gasteiger partial charge in [-0.25, -0.2) is 4.39 Å². The molecule has 7 heteroatoms. The van der Waals surface area contributed by atoms with Crippen molar-refractivity contribution in [2.75, 3.05) is 19.8 Å². The van der Waals surface area contributed by atoms with Gasteiger partial charge in [0.2, 0.25) is 5.91 Å². The molecule has 0 spiro atoms. The number of carbonyl (C=O) groups excluding carboxylic acids is 2. The van der Waals surface area contributed by atoms with E-state index < -0.39 is 17.6 Å². The maximum atomic E-state index is 15.7. The largest absolute Gasteiger partial charge is 0.356 e. The molecule has 2 fully saturated rings. The van der Waals surface area contributed by atoms with Crippen LogP contribution in [-0.2, 0) is 9.59 Å². The Hall–Kier alpha value is -2.93. The van der Waals surface area contributed by atoms with Gasteiger partial charge in [-0.1, -0.05) is 36.5 Å². The van der Waals surface area contributed by atoms with Gasteiger partial charge >= 0.3 is 0 Å². The van der Waals surface area contributed by atoms with Crippen LogP contribution >= 0.6 is 0 Å². The van der Waals surface area contributed by atoms with Crippen LogP contribution in [0, 0.1) is 5.92 Å². The summed E-state index contributed by atoms with van der Waals surface area (Å²) in [5, 5.41) is 6.70. The molecule has 0 aromatic rings. The minimum absolute atomic E-state index is 0.0491. The second-order valence-corrected chi connectivity index (χ2v) is 11.8. The van der Waals surface area contributed by atoms with Gasteiger partial charge in [-0.05, 0) is 89.5 Å². The molecule has 0 radical (unpaired) electrons. The van der Waals surface area contributed by atoms with Gasteiger partial charge in [-0.3, -0.25) is 14.9 Å². The summed E-state index contributed by atoms with van der Waals surface area (Å²) in [7, 11) is 0. The molecule has 39 heavy (non-hydrogen) atoms. The van der Waals surface area contributed by atoms with Crippen LogP contribution in [0.4, 0.5) is 4.39 Å². The summed E-state index contributed by atoms with van der Waals surface area (Å²) in [5.41, 5.74) is 2.25. The number of alkyl halides is 1. The van der Waals surface area contributed by atoms with Crippen molar-refractivity contribution >= 4 is 11.8 Å². The molecule has 2 heterocycles. The first kappa shape index (κ1) is 27.6. The van der Waals surface area contributed by atoms with Gasteiger partial charge in [0.05, 0.1) is 24.2 Å². The number of hydrogen-bond acceptors (Lipinski definition) is 4. The fourth-order valence-corrected chi connectivity index (χ4v) is 6.75. The summed E-state index contributed by atoms with van der Waals surface area (Å²) in [5.74, 6) is -0.724. The predicted molar refractivity (Wildman–Crippen MR) is 153 cm³/mol. The molecule has 3 aliphatic carbocycles. The zero-order chi connectivity index (χ0) is 27.6. The topological polar surface area (TPSA) is 64.7 Å². The Kier molecular flexibility index (Phi) is 8.27. The van der Waals surface area contributed by atoms with E-state index in [0.717, 1.165) is 62.3 Å². The van der Waals surface area contributed by atoms with Crippen molar-refractivity contribution < 1.29 is 14.0 Å². The SMILES string of the molecule is CC1=C(C(=O)N2CCCC(C(=O)NC3=CC(N4CNCC[C@H]4C)=CCC3)[C@@H]2C2=CCCC=C2)C(C)(F)CC=C1. The molecule has 5 rings (SSSR count). The van der Waals surface area contributed by atoms with Crippen molar-refractivity contribution in [3.05, 3.63) is 70.6 Å². The molecule has 2 aliphatic heterocycles. The molecule has 2 unspecified atom stereocenters. The third kappa shape index (κ3) is 5.84. The van der Waals surface area contributed by atoms with E-state index in [-0.39, 0.29) is 23.8 Å². The average molecular weight is 535 g/mol. The summed E-state index contributed by atoms with van der Waals surface area (Å²) in [4.78, 5) is 32.1. The summed E-state index contributed by atoms with van der Waals surface area (Å²) in [6.07, 6.45) is 20.5. The van der Waals surface area contributed by atoms with Crippen molar-refractivity contribution in [3.8, 4) is 0 Å². The van der Waals surface area contributed by atoms with Gasteiger partial charge < -0.3 is 15.1 Å². The number of amides is 2. The van der Waals surface area contributed by atoms with E-state index in [4.69, 9.17) is 0 Å². The molecule has 2 N–H and O–H groups in total. The Bertz CT molecular complexity index is 1170. The third-order valence-electron chi connectivity index (χ3n) is 8.85. The van der Waals surface area contributed by atoms with Gasteiger partial charge in [-0.15, -0.1) is 0 Å². The van der Waals surface area contributed by atoms with Gasteiger partial charge in [0, 0.05) is 30.4 Å². The van der Waals surface area contributed by atoms with E-state index in [1.807, 2.05) is 13.0 Å². The highest BCUT2D eigenvalue weighted by Gasteiger charge is 2.45. The summed E-state index contributed by atoms with van der Waals surface area (Å²) >= 11 is 0. The Morgan fingerprint density at radius 2 is 1.97 bits per heavy atom. The minimum atomic E-state index is -1.72. The second kappa shape index (κ2) is 11.7. The first-order chi connectivity index (χ1) is 18.8. The van der Waals surface area contributed by atoms with Crippen LogP contribution in [0.15, 0.2) is 70.6 Å². The van der Waals surface area contributed by atoms with Crippen LogP contribution in [0.2, 0.25) is 0 Å². The number of allylic oxidation sites excluding steroid dienone is 8. The summed E-state index contributed by atoms with van der Waals surface area (Å²) in [6, 6.07) is 0.0417. The Morgan fingerprint density at radius 3 is 2.72 bits per heavy atom. The fraction of sp³-hybridized carbons (Fsp3) is 0.562. The zero-order valence-corrected chi connectivity index (χ0v) is 23.6. The fourth-order valence-electron chi connectivity index (χ4n) is 6.75. The van der Waals surface area contributed by atoms with Gasteiger partial charge in [-0.2, -0.15) is 0 Å². The van der Waals surface area contributed by atoms with Crippen LogP contribution in [0.25, 0.3) is 0 Å². The lowest BCUT2D eigenvalue weighted by atomic mass is 9.79. The zero-order valence-electron chi connectivity index (χ0n) is 23.6. The molecule has 0 aromatic carbocycles. The molecule has 5 aliphatic rings. The number of hydrogen-bond donors (Lipinski definition) is 2. The van der Waals surface area contributed by atoms with E-state index >= 15 is 4.39 Å². The van der Waals surface area contributed by atoms with Crippen molar-refractivity contribution in [3.63, 3.8) is 0 Å². The second-order valence-electron chi connectivity index (χ2n) is 11.8. The normalized spacial score (nSPS) is 31.5. The quantitative estimate of drug-likeness (QED) is 0.509. The van der Waals surface area contributed by atoms with Crippen LogP contribution < -0.4 is 10.6 Å². The molecule has 4 atom stereocenters. The van der Waals surface area contributed by atoms with Crippen molar-refractivity contribution in [1.82, 2.24) is 20.4 Å².